The van der Waals surface area contributed by atoms with Gasteiger partial charge in [-0.3, -0.25) is 9.69 Å². The van der Waals surface area contributed by atoms with Gasteiger partial charge in [0.15, 0.2) is 5.78 Å². The highest BCUT2D eigenvalue weighted by Crippen LogP contribution is 2.08. The lowest BCUT2D eigenvalue weighted by atomic mass is 10.0. The van der Waals surface area contributed by atoms with Gasteiger partial charge in [-0.1, -0.05) is 31.2 Å². The molecule has 3 nitrogen and oxygen atoms in total. The Labute approximate surface area is 103 Å². The van der Waals surface area contributed by atoms with Crippen molar-refractivity contribution in [1.82, 2.24) is 4.90 Å². The SMILES string of the molecule is CCN(CCC#N)CC(=O)c1ccccc1C. The van der Waals surface area contributed by atoms with E-state index in [4.69, 9.17) is 5.26 Å². The molecule has 0 aromatic heterocycles. The molecule has 0 saturated carbocycles. The Balaban J connectivity index is 2.65. The van der Waals surface area contributed by atoms with Crippen LogP contribution in [0.2, 0.25) is 0 Å². The summed E-state index contributed by atoms with van der Waals surface area (Å²) in [6.07, 6.45) is 0.467. The standard InChI is InChI=1S/C14H18N2O/c1-3-16(10-6-9-15)11-14(17)13-8-5-4-7-12(13)2/h4-5,7-8H,3,6,10-11H2,1-2H3. The van der Waals surface area contributed by atoms with Crippen LogP contribution in [0.25, 0.3) is 0 Å². The van der Waals surface area contributed by atoms with E-state index in [-0.39, 0.29) is 5.78 Å². The Morgan fingerprint density at radius 2 is 2.12 bits per heavy atom. The summed E-state index contributed by atoms with van der Waals surface area (Å²) >= 11 is 0. The molecule has 1 aromatic carbocycles. The highest BCUT2D eigenvalue weighted by Gasteiger charge is 2.12. The van der Waals surface area contributed by atoms with Crippen molar-refractivity contribution in [2.75, 3.05) is 19.6 Å². The molecule has 0 heterocycles. The van der Waals surface area contributed by atoms with Crippen molar-refractivity contribution in [1.29, 1.82) is 5.26 Å². The molecule has 0 bridgehead atoms. The third kappa shape index (κ3) is 4.01. The van der Waals surface area contributed by atoms with Crippen molar-refractivity contribution < 1.29 is 4.79 Å². The lowest BCUT2D eigenvalue weighted by molar-refractivity contribution is 0.0934. The van der Waals surface area contributed by atoms with Gasteiger partial charge in [-0.2, -0.15) is 5.26 Å². The smallest absolute Gasteiger partial charge is 0.177 e. The number of carbonyl (C=O) groups is 1. The summed E-state index contributed by atoms with van der Waals surface area (Å²) in [5.74, 6) is 0.128. The second kappa shape index (κ2) is 6.82. The summed E-state index contributed by atoms with van der Waals surface area (Å²) < 4.78 is 0. The number of hydrogen-bond acceptors (Lipinski definition) is 3. The molecule has 0 radical (unpaired) electrons. The molecule has 0 atom stereocenters. The summed E-state index contributed by atoms with van der Waals surface area (Å²) in [5.41, 5.74) is 1.79. The van der Waals surface area contributed by atoms with Crippen LogP contribution >= 0.6 is 0 Å². The van der Waals surface area contributed by atoms with Crippen LogP contribution in [-0.4, -0.2) is 30.3 Å². The highest BCUT2D eigenvalue weighted by molar-refractivity contribution is 5.98. The van der Waals surface area contributed by atoms with E-state index in [1.54, 1.807) is 0 Å². The number of rotatable bonds is 6. The zero-order valence-corrected chi connectivity index (χ0v) is 10.4. The molecule has 0 aliphatic carbocycles. The molecule has 0 spiro atoms. The molecule has 0 amide bonds. The second-order valence-corrected chi connectivity index (χ2v) is 4.01. The fourth-order valence-electron chi connectivity index (χ4n) is 1.73. The van der Waals surface area contributed by atoms with Gasteiger partial charge in [0.2, 0.25) is 0 Å². The molecule has 0 saturated heterocycles. The van der Waals surface area contributed by atoms with E-state index in [1.807, 2.05) is 43.0 Å². The number of Topliss-reactive ketones (excluding diaryl/α,β-unsaturated/α-hetero) is 1. The predicted molar refractivity (Wildman–Crippen MR) is 67.9 cm³/mol. The van der Waals surface area contributed by atoms with Crippen molar-refractivity contribution >= 4 is 5.78 Å². The first kappa shape index (κ1) is 13.4. The molecule has 0 unspecified atom stereocenters. The molecule has 3 heteroatoms. The van der Waals surface area contributed by atoms with Gasteiger partial charge >= 0.3 is 0 Å². The number of benzene rings is 1. The van der Waals surface area contributed by atoms with Crippen LogP contribution in [0, 0.1) is 18.3 Å². The minimum Gasteiger partial charge on any atom is -0.295 e. The van der Waals surface area contributed by atoms with Gasteiger partial charge in [0.1, 0.15) is 0 Å². The molecule has 0 fully saturated rings. The van der Waals surface area contributed by atoms with Crippen molar-refractivity contribution in [3.63, 3.8) is 0 Å². The van der Waals surface area contributed by atoms with Gasteiger partial charge in [-0.25, -0.2) is 0 Å². The topological polar surface area (TPSA) is 44.1 Å². The Hall–Kier alpha value is -1.66. The Morgan fingerprint density at radius 1 is 1.41 bits per heavy atom. The Bertz CT molecular complexity index is 420. The summed E-state index contributed by atoms with van der Waals surface area (Å²) in [5, 5.41) is 8.54. The summed E-state index contributed by atoms with van der Waals surface area (Å²) in [6.45, 7) is 5.79. The van der Waals surface area contributed by atoms with E-state index in [1.165, 1.54) is 0 Å². The van der Waals surface area contributed by atoms with E-state index in [9.17, 15) is 4.79 Å². The van der Waals surface area contributed by atoms with Crippen LogP contribution in [0.1, 0.15) is 29.3 Å². The van der Waals surface area contributed by atoms with Crippen molar-refractivity contribution in [3.8, 4) is 6.07 Å². The monoisotopic (exact) mass is 230 g/mol. The first-order chi connectivity index (χ1) is 8.19. The number of nitriles is 1. The molecule has 90 valence electrons. The summed E-state index contributed by atoms with van der Waals surface area (Å²) in [4.78, 5) is 14.1. The van der Waals surface area contributed by atoms with Crippen molar-refractivity contribution in [2.24, 2.45) is 0 Å². The van der Waals surface area contributed by atoms with Crippen molar-refractivity contribution in [2.45, 2.75) is 20.3 Å². The summed E-state index contributed by atoms with van der Waals surface area (Å²) in [7, 11) is 0. The maximum absolute atomic E-state index is 12.1. The van der Waals surface area contributed by atoms with Crippen LogP contribution in [0.15, 0.2) is 24.3 Å². The van der Waals surface area contributed by atoms with Gasteiger partial charge in [-0.15, -0.1) is 0 Å². The van der Waals surface area contributed by atoms with Crippen LogP contribution < -0.4 is 0 Å². The van der Waals surface area contributed by atoms with E-state index in [0.717, 1.165) is 17.7 Å². The van der Waals surface area contributed by atoms with Crippen molar-refractivity contribution in [3.05, 3.63) is 35.4 Å². The van der Waals surface area contributed by atoms with Crippen LogP contribution in [0.5, 0.6) is 0 Å². The van der Waals surface area contributed by atoms with Crippen LogP contribution in [0.3, 0.4) is 0 Å². The highest BCUT2D eigenvalue weighted by atomic mass is 16.1. The molecule has 1 aromatic rings. The van der Waals surface area contributed by atoms with Crippen LogP contribution in [-0.2, 0) is 0 Å². The normalized spacial score (nSPS) is 10.2. The predicted octanol–water partition coefficient (Wildman–Crippen LogP) is 2.41. The first-order valence-electron chi connectivity index (χ1n) is 5.87. The lowest BCUT2D eigenvalue weighted by Crippen LogP contribution is -2.30. The lowest BCUT2D eigenvalue weighted by Gasteiger charge is -2.18. The Morgan fingerprint density at radius 3 is 2.71 bits per heavy atom. The fraction of sp³-hybridized carbons (Fsp3) is 0.429. The molecule has 0 N–H and O–H groups in total. The van der Waals surface area contributed by atoms with Gasteiger partial charge in [0.05, 0.1) is 12.6 Å². The fourth-order valence-corrected chi connectivity index (χ4v) is 1.73. The number of carbonyl (C=O) groups excluding carboxylic acids is 1. The molecular weight excluding hydrogens is 212 g/mol. The van der Waals surface area contributed by atoms with E-state index in [2.05, 4.69) is 6.07 Å². The van der Waals surface area contributed by atoms with E-state index in [0.29, 0.717) is 19.5 Å². The largest absolute Gasteiger partial charge is 0.295 e. The quantitative estimate of drug-likeness (QED) is 0.705. The molecule has 0 aliphatic heterocycles. The molecule has 0 aliphatic rings. The van der Waals surface area contributed by atoms with Gasteiger partial charge in [0.25, 0.3) is 0 Å². The average Bonchev–Trinajstić information content (AvgIpc) is 2.34. The Kier molecular flexibility index (Phi) is 5.38. The van der Waals surface area contributed by atoms with Gasteiger partial charge < -0.3 is 0 Å². The molecular formula is C14H18N2O. The number of nitrogens with zero attached hydrogens (tertiary/aromatic N) is 2. The third-order valence-electron chi connectivity index (χ3n) is 2.80. The van der Waals surface area contributed by atoms with E-state index < -0.39 is 0 Å². The number of likely N-dealkylation sites (N-methyl/N-ethyl adjacent to an activating group) is 1. The molecule has 1 rings (SSSR count). The van der Waals surface area contributed by atoms with Gasteiger partial charge in [-0.05, 0) is 19.0 Å². The number of ketones is 1. The zero-order valence-electron chi connectivity index (χ0n) is 10.4. The maximum Gasteiger partial charge on any atom is 0.177 e. The second-order valence-electron chi connectivity index (χ2n) is 4.01. The molecule has 17 heavy (non-hydrogen) atoms. The van der Waals surface area contributed by atoms with Gasteiger partial charge in [0, 0.05) is 18.5 Å². The minimum atomic E-state index is 0.128. The summed E-state index contributed by atoms with van der Waals surface area (Å²) in [6, 6.07) is 9.71. The zero-order chi connectivity index (χ0) is 12.7. The average molecular weight is 230 g/mol. The van der Waals surface area contributed by atoms with E-state index >= 15 is 0 Å². The van der Waals surface area contributed by atoms with Crippen LogP contribution in [0.4, 0.5) is 0 Å². The third-order valence-corrected chi connectivity index (χ3v) is 2.80. The maximum atomic E-state index is 12.1. The minimum absolute atomic E-state index is 0.128. The number of hydrogen-bond donors (Lipinski definition) is 0. The number of aryl methyl sites for hydroxylation is 1. The first-order valence-corrected chi connectivity index (χ1v) is 5.87.